The van der Waals surface area contributed by atoms with Crippen LogP contribution in [0.25, 0.3) is 0 Å². The molecule has 0 aliphatic carbocycles. The van der Waals surface area contributed by atoms with Gasteiger partial charge in [0.1, 0.15) is 6.54 Å². The number of methoxy groups -OCH3 is 1. The van der Waals surface area contributed by atoms with Crippen molar-refractivity contribution < 1.29 is 17.9 Å². The van der Waals surface area contributed by atoms with Gasteiger partial charge < -0.3 is 10.1 Å². The Balaban J connectivity index is 2.34. The lowest BCUT2D eigenvalue weighted by atomic mass is 10.2. The zero-order chi connectivity index (χ0) is 19.2. The molecule has 6 nitrogen and oxygen atoms in total. The van der Waals surface area contributed by atoms with Crippen LogP contribution in [0, 0.1) is 13.8 Å². The maximum atomic E-state index is 13.1. The SMILES string of the molecule is COCCNC(=O)CN(c1ccc(C)cc1)S(=O)(=O)c1ccc(C)cc1. The molecular weight excluding hydrogens is 352 g/mol. The second-order valence-electron chi connectivity index (χ2n) is 6.00. The predicted octanol–water partition coefficient (Wildman–Crippen LogP) is 2.26. The molecule has 0 spiro atoms. The van der Waals surface area contributed by atoms with Crippen molar-refractivity contribution in [3.05, 3.63) is 59.7 Å². The van der Waals surface area contributed by atoms with E-state index in [4.69, 9.17) is 4.74 Å². The lowest BCUT2D eigenvalue weighted by Gasteiger charge is -2.24. The normalized spacial score (nSPS) is 11.2. The number of sulfonamides is 1. The van der Waals surface area contributed by atoms with Gasteiger partial charge in [-0.3, -0.25) is 9.10 Å². The molecule has 140 valence electrons. The summed E-state index contributed by atoms with van der Waals surface area (Å²) in [6.45, 7) is 4.18. The minimum absolute atomic E-state index is 0.147. The Morgan fingerprint density at radius 3 is 2.08 bits per heavy atom. The largest absolute Gasteiger partial charge is 0.383 e. The summed E-state index contributed by atoms with van der Waals surface area (Å²) in [5.41, 5.74) is 2.41. The van der Waals surface area contributed by atoms with E-state index in [1.807, 2.05) is 26.0 Å². The number of nitrogens with zero attached hydrogens (tertiary/aromatic N) is 1. The first-order valence-electron chi connectivity index (χ1n) is 8.26. The zero-order valence-electron chi connectivity index (χ0n) is 15.2. The first kappa shape index (κ1) is 19.9. The molecule has 0 radical (unpaired) electrons. The van der Waals surface area contributed by atoms with E-state index in [0.29, 0.717) is 18.8 Å². The quantitative estimate of drug-likeness (QED) is 0.717. The van der Waals surface area contributed by atoms with Crippen LogP contribution in [0.2, 0.25) is 0 Å². The Bertz CT molecular complexity index is 831. The van der Waals surface area contributed by atoms with E-state index in [1.54, 1.807) is 36.4 Å². The number of hydrogen-bond donors (Lipinski definition) is 1. The highest BCUT2D eigenvalue weighted by Crippen LogP contribution is 2.24. The molecule has 1 N–H and O–H groups in total. The Morgan fingerprint density at radius 2 is 1.54 bits per heavy atom. The Labute approximate surface area is 154 Å². The Kier molecular flexibility index (Phi) is 6.76. The molecule has 7 heteroatoms. The van der Waals surface area contributed by atoms with Gasteiger partial charge in [0.05, 0.1) is 17.2 Å². The van der Waals surface area contributed by atoms with Gasteiger partial charge in [0.2, 0.25) is 5.91 Å². The predicted molar refractivity (Wildman–Crippen MR) is 102 cm³/mol. The number of hydrogen-bond acceptors (Lipinski definition) is 4. The summed E-state index contributed by atoms with van der Waals surface area (Å²) < 4.78 is 32.3. The van der Waals surface area contributed by atoms with Gasteiger partial charge in [0.15, 0.2) is 0 Å². The highest BCUT2D eigenvalue weighted by Gasteiger charge is 2.27. The van der Waals surface area contributed by atoms with E-state index in [2.05, 4.69) is 5.32 Å². The number of amides is 1. The fourth-order valence-corrected chi connectivity index (χ4v) is 3.76. The molecule has 1 amide bonds. The number of carbonyl (C=O) groups excluding carboxylic acids is 1. The zero-order valence-corrected chi connectivity index (χ0v) is 16.0. The van der Waals surface area contributed by atoms with E-state index in [1.165, 1.54) is 7.11 Å². The summed E-state index contributed by atoms with van der Waals surface area (Å²) in [7, 11) is -2.33. The van der Waals surface area contributed by atoms with Crippen LogP contribution in [0.5, 0.6) is 0 Å². The Morgan fingerprint density at radius 1 is 1.00 bits per heavy atom. The minimum atomic E-state index is -3.87. The molecule has 2 aromatic carbocycles. The highest BCUT2D eigenvalue weighted by atomic mass is 32.2. The molecule has 0 atom stereocenters. The number of aryl methyl sites for hydroxylation is 2. The van der Waals surface area contributed by atoms with E-state index in [9.17, 15) is 13.2 Å². The molecule has 0 unspecified atom stereocenters. The average Bonchev–Trinajstić information content (AvgIpc) is 2.61. The van der Waals surface area contributed by atoms with Crippen molar-refractivity contribution in [1.82, 2.24) is 5.32 Å². The summed E-state index contributed by atoms with van der Waals surface area (Å²) in [5, 5.41) is 2.66. The summed E-state index contributed by atoms with van der Waals surface area (Å²) in [4.78, 5) is 12.4. The fourth-order valence-electron chi connectivity index (χ4n) is 2.34. The third kappa shape index (κ3) is 5.06. The minimum Gasteiger partial charge on any atom is -0.383 e. The first-order chi connectivity index (χ1) is 12.3. The monoisotopic (exact) mass is 376 g/mol. The standard InChI is InChI=1S/C19H24N2O4S/c1-15-4-8-17(9-5-15)21(14-19(22)20-12-13-25-3)26(23,24)18-10-6-16(2)7-11-18/h4-11H,12-14H2,1-3H3,(H,20,22). The fraction of sp³-hybridized carbons (Fsp3) is 0.316. The van der Waals surface area contributed by atoms with Crippen LogP contribution >= 0.6 is 0 Å². The molecule has 0 saturated carbocycles. The molecule has 0 bridgehead atoms. The topological polar surface area (TPSA) is 75.7 Å². The van der Waals surface area contributed by atoms with Crippen molar-refractivity contribution in [1.29, 1.82) is 0 Å². The van der Waals surface area contributed by atoms with Crippen LogP contribution in [0.1, 0.15) is 11.1 Å². The van der Waals surface area contributed by atoms with Crippen LogP contribution in [0.3, 0.4) is 0 Å². The van der Waals surface area contributed by atoms with Crippen LogP contribution < -0.4 is 9.62 Å². The van der Waals surface area contributed by atoms with Gasteiger partial charge in [0.25, 0.3) is 10.0 Å². The molecule has 0 saturated heterocycles. The van der Waals surface area contributed by atoms with Gasteiger partial charge in [-0.15, -0.1) is 0 Å². The molecule has 0 aliphatic rings. The molecule has 0 fully saturated rings. The van der Waals surface area contributed by atoms with E-state index in [0.717, 1.165) is 15.4 Å². The van der Waals surface area contributed by atoms with Crippen molar-refractivity contribution in [2.75, 3.05) is 31.1 Å². The summed E-state index contributed by atoms with van der Waals surface area (Å²) in [5.74, 6) is -0.390. The highest BCUT2D eigenvalue weighted by molar-refractivity contribution is 7.92. The maximum absolute atomic E-state index is 13.1. The number of nitrogens with one attached hydrogen (secondary N) is 1. The number of ether oxygens (including phenoxy) is 1. The third-order valence-electron chi connectivity index (χ3n) is 3.85. The lowest BCUT2D eigenvalue weighted by Crippen LogP contribution is -2.41. The van der Waals surface area contributed by atoms with E-state index in [-0.39, 0.29) is 11.4 Å². The molecule has 0 aliphatic heterocycles. The molecule has 2 aromatic rings. The van der Waals surface area contributed by atoms with Gasteiger partial charge in [-0.05, 0) is 38.1 Å². The molecule has 0 heterocycles. The van der Waals surface area contributed by atoms with Crippen molar-refractivity contribution in [3.63, 3.8) is 0 Å². The summed E-state index contributed by atoms with van der Waals surface area (Å²) in [6.07, 6.45) is 0. The van der Waals surface area contributed by atoms with E-state index < -0.39 is 15.9 Å². The average molecular weight is 376 g/mol. The third-order valence-corrected chi connectivity index (χ3v) is 5.63. The number of benzene rings is 2. The smallest absolute Gasteiger partial charge is 0.264 e. The first-order valence-corrected chi connectivity index (χ1v) is 9.70. The van der Waals surface area contributed by atoms with Gasteiger partial charge in [-0.2, -0.15) is 0 Å². The second-order valence-corrected chi connectivity index (χ2v) is 7.87. The lowest BCUT2D eigenvalue weighted by molar-refractivity contribution is -0.119. The van der Waals surface area contributed by atoms with E-state index >= 15 is 0 Å². The van der Waals surface area contributed by atoms with Crippen LogP contribution in [-0.4, -0.2) is 41.1 Å². The van der Waals surface area contributed by atoms with Crippen molar-refractivity contribution >= 4 is 21.6 Å². The van der Waals surface area contributed by atoms with Crippen molar-refractivity contribution in [2.45, 2.75) is 18.7 Å². The van der Waals surface area contributed by atoms with Crippen LogP contribution in [0.4, 0.5) is 5.69 Å². The van der Waals surface area contributed by atoms with Gasteiger partial charge in [-0.25, -0.2) is 8.42 Å². The molecular formula is C19H24N2O4S. The van der Waals surface area contributed by atoms with Gasteiger partial charge in [-0.1, -0.05) is 35.4 Å². The molecule has 0 aromatic heterocycles. The Hall–Kier alpha value is -2.38. The number of anilines is 1. The molecule has 2 rings (SSSR count). The van der Waals surface area contributed by atoms with Crippen LogP contribution in [-0.2, 0) is 19.6 Å². The maximum Gasteiger partial charge on any atom is 0.264 e. The number of carbonyl (C=O) groups is 1. The van der Waals surface area contributed by atoms with Gasteiger partial charge in [0, 0.05) is 13.7 Å². The number of rotatable bonds is 8. The molecule has 26 heavy (non-hydrogen) atoms. The van der Waals surface area contributed by atoms with Crippen LogP contribution in [0.15, 0.2) is 53.4 Å². The second kappa shape index (κ2) is 8.82. The van der Waals surface area contributed by atoms with Gasteiger partial charge >= 0.3 is 0 Å². The van der Waals surface area contributed by atoms with Crippen molar-refractivity contribution in [3.8, 4) is 0 Å². The van der Waals surface area contributed by atoms with Crippen molar-refractivity contribution in [2.24, 2.45) is 0 Å². The summed E-state index contributed by atoms with van der Waals surface area (Å²) >= 11 is 0. The summed E-state index contributed by atoms with van der Waals surface area (Å²) in [6, 6.07) is 13.6.